The lowest BCUT2D eigenvalue weighted by Gasteiger charge is -2.23. The van der Waals surface area contributed by atoms with Crippen molar-refractivity contribution in [3.8, 4) is 0 Å². The zero-order valence-electron chi connectivity index (χ0n) is 6.18. The molecule has 0 bridgehead atoms. The highest BCUT2D eigenvalue weighted by molar-refractivity contribution is 5.98. The monoisotopic (exact) mass is 141 g/mol. The van der Waals surface area contributed by atoms with E-state index >= 15 is 0 Å². The fourth-order valence-corrected chi connectivity index (χ4v) is 1.03. The van der Waals surface area contributed by atoms with Crippen molar-refractivity contribution in [2.24, 2.45) is 11.8 Å². The molecule has 1 fully saturated rings. The van der Waals surface area contributed by atoms with Gasteiger partial charge in [0.15, 0.2) is 0 Å². The van der Waals surface area contributed by atoms with Crippen molar-refractivity contribution in [3.05, 3.63) is 0 Å². The molecule has 1 saturated heterocycles. The molecule has 0 aromatic carbocycles. The fraction of sp³-hybridized carbons (Fsp3) is 0.714. The lowest BCUT2D eigenvalue weighted by molar-refractivity contribution is -0.138. The van der Waals surface area contributed by atoms with E-state index in [1.807, 2.05) is 13.8 Å². The molecule has 0 aromatic rings. The summed E-state index contributed by atoms with van der Waals surface area (Å²) in [6.45, 7) is 3.76. The third kappa shape index (κ3) is 1.17. The van der Waals surface area contributed by atoms with E-state index < -0.39 is 0 Å². The summed E-state index contributed by atoms with van der Waals surface area (Å²) in [6.07, 6.45) is 0.479. The molecule has 1 N–H and O–H groups in total. The number of piperidine rings is 1. The summed E-state index contributed by atoms with van der Waals surface area (Å²) in [5.74, 6) is -0.0988. The van der Waals surface area contributed by atoms with Crippen LogP contribution in [0.4, 0.5) is 0 Å². The molecule has 0 aromatic heterocycles. The van der Waals surface area contributed by atoms with Crippen LogP contribution >= 0.6 is 0 Å². The van der Waals surface area contributed by atoms with E-state index in [1.165, 1.54) is 0 Å². The van der Waals surface area contributed by atoms with Crippen molar-refractivity contribution in [2.45, 2.75) is 20.3 Å². The van der Waals surface area contributed by atoms with Crippen LogP contribution < -0.4 is 5.32 Å². The molecule has 0 saturated carbocycles. The molecule has 1 aliphatic rings. The molecule has 0 radical (unpaired) electrons. The zero-order chi connectivity index (χ0) is 7.72. The minimum absolute atomic E-state index is 0.0160. The van der Waals surface area contributed by atoms with Gasteiger partial charge in [0.25, 0.3) is 0 Å². The average Bonchev–Trinajstić information content (AvgIpc) is 1.82. The summed E-state index contributed by atoms with van der Waals surface area (Å²) in [4.78, 5) is 21.6. The second-order valence-corrected chi connectivity index (χ2v) is 2.88. The molecule has 1 heterocycles. The molecular formula is C7H11NO2. The minimum Gasteiger partial charge on any atom is -0.296 e. The first-order valence-corrected chi connectivity index (χ1v) is 3.45. The van der Waals surface area contributed by atoms with Gasteiger partial charge in [0.05, 0.1) is 0 Å². The SMILES string of the molecule is C[C@H]1CC(=O)NC(=O)[C@@H]1C. The zero-order valence-corrected chi connectivity index (χ0v) is 6.18. The Hall–Kier alpha value is -0.860. The van der Waals surface area contributed by atoms with Gasteiger partial charge in [0.1, 0.15) is 0 Å². The van der Waals surface area contributed by atoms with Crippen LogP contribution in [-0.2, 0) is 9.59 Å². The van der Waals surface area contributed by atoms with E-state index in [0.29, 0.717) is 6.42 Å². The summed E-state index contributed by atoms with van der Waals surface area (Å²) in [6, 6.07) is 0. The Kier molecular flexibility index (Phi) is 1.74. The molecule has 2 amide bonds. The van der Waals surface area contributed by atoms with Crippen molar-refractivity contribution in [3.63, 3.8) is 0 Å². The summed E-state index contributed by atoms with van der Waals surface area (Å²) >= 11 is 0. The minimum atomic E-state index is -0.143. The van der Waals surface area contributed by atoms with Crippen LogP contribution in [0, 0.1) is 11.8 Å². The van der Waals surface area contributed by atoms with Gasteiger partial charge >= 0.3 is 0 Å². The third-order valence-corrected chi connectivity index (χ3v) is 2.04. The number of carbonyl (C=O) groups excluding carboxylic acids is 2. The molecule has 0 aliphatic carbocycles. The molecule has 0 spiro atoms. The molecule has 1 rings (SSSR count). The van der Waals surface area contributed by atoms with Crippen LogP contribution in [0.25, 0.3) is 0 Å². The summed E-state index contributed by atoms with van der Waals surface area (Å²) < 4.78 is 0. The summed E-state index contributed by atoms with van der Waals surface area (Å²) in [7, 11) is 0. The molecule has 3 nitrogen and oxygen atoms in total. The molecule has 2 atom stereocenters. The summed E-state index contributed by atoms with van der Waals surface area (Å²) in [5, 5.41) is 2.28. The van der Waals surface area contributed by atoms with E-state index in [1.54, 1.807) is 0 Å². The predicted molar refractivity (Wildman–Crippen MR) is 36.1 cm³/mol. The number of rotatable bonds is 0. The van der Waals surface area contributed by atoms with Crippen LogP contribution in [0.3, 0.4) is 0 Å². The quantitative estimate of drug-likeness (QED) is 0.493. The maximum absolute atomic E-state index is 10.9. The Balaban J connectivity index is 2.66. The Morgan fingerprint density at radius 3 is 2.50 bits per heavy atom. The van der Waals surface area contributed by atoms with Gasteiger partial charge in [0.2, 0.25) is 11.8 Å². The maximum Gasteiger partial charge on any atom is 0.229 e. The van der Waals surface area contributed by atoms with Crippen LogP contribution in [0.2, 0.25) is 0 Å². The maximum atomic E-state index is 10.9. The standard InChI is InChI=1S/C7H11NO2/c1-4-3-6(9)8-7(10)5(4)2/h4-5H,3H2,1-2H3,(H,8,9,10)/t4-,5+/m0/s1. The third-order valence-electron chi connectivity index (χ3n) is 2.04. The van der Waals surface area contributed by atoms with Crippen LogP contribution in [-0.4, -0.2) is 11.8 Å². The van der Waals surface area contributed by atoms with Crippen LogP contribution in [0.1, 0.15) is 20.3 Å². The topological polar surface area (TPSA) is 46.2 Å². The van der Waals surface area contributed by atoms with Crippen LogP contribution in [0.15, 0.2) is 0 Å². The molecule has 1 aliphatic heterocycles. The lowest BCUT2D eigenvalue weighted by atomic mass is 9.89. The van der Waals surface area contributed by atoms with E-state index in [2.05, 4.69) is 5.32 Å². The Bertz CT molecular complexity index is 176. The Labute approximate surface area is 59.8 Å². The van der Waals surface area contributed by atoms with Gasteiger partial charge in [-0.15, -0.1) is 0 Å². The van der Waals surface area contributed by atoms with Gasteiger partial charge in [0, 0.05) is 12.3 Å². The molecule has 56 valence electrons. The van der Waals surface area contributed by atoms with Gasteiger partial charge in [-0.25, -0.2) is 0 Å². The Morgan fingerprint density at radius 2 is 2.00 bits per heavy atom. The van der Waals surface area contributed by atoms with E-state index in [4.69, 9.17) is 0 Å². The lowest BCUT2D eigenvalue weighted by Crippen LogP contribution is -2.43. The van der Waals surface area contributed by atoms with Gasteiger partial charge in [-0.2, -0.15) is 0 Å². The van der Waals surface area contributed by atoms with Crippen molar-refractivity contribution in [1.29, 1.82) is 0 Å². The number of hydrogen-bond donors (Lipinski definition) is 1. The smallest absolute Gasteiger partial charge is 0.229 e. The number of hydrogen-bond acceptors (Lipinski definition) is 2. The van der Waals surface area contributed by atoms with Gasteiger partial charge in [-0.1, -0.05) is 13.8 Å². The first kappa shape index (κ1) is 7.25. The molecule has 10 heavy (non-hydrogen) atoms. The first-order chi connectivity index (χ1) is 4.61. The van der Waals surface area contributed by atoms with Crippen molar-refractivity contribution >= 4 is 11.8 Å². The average molecular weight is 141 g/mol. The second kappa shape index (κ2) is 2.40. The highest BCUT2D eigenvalue weighted by Gasteiger charge is 2.28. The largest absolute Gasteiger partial charge is 0.296 e. The van der Waals surface area contributed by atoms with Crippen molar-refractivity contribution in [1.82, 2.24) is 5.32 Å². The predicted octanol–water partition coefficient (Wildman–Crippen LogP) is 0.305. The van der Waals surface area contributed by atoms with Crippen LogP contribution in [0.5, 0.6) is 0 Å². The fourth-order valence-electron chi connectivity index (χ4n) is 1.03. The normalized spacial score (nSPS) is 33.8. The second-order valence-electron chi connectivity index (χ2n) is 2.88. The number of amides is 2. The van der Waals surface area contributed by atoms with E-state index in [0.717, 1.165) is 0 Å². The van der Waals surface area contributed by atoms with Gasteiger partial charge in [-0.05, 0) is 5.92 Å². The number of imide groups is 1. The van der Waals surface area contributed by atoms with Crippen molar-refractivity contribution < 1.29 is 9.59 Å². The first-order valence-electron chi connectivity index (χ1n) is 3.45. The van der Waals surface area contributed by atoms with Gasteiger partial charge < -0.3 is 0 Å². The van der Waals surface area contributed by atoms with Crippen molar-refractivity contribution in [2.75, 3.05) is 0 Å². The highest BCUT2D eigenvalue weighted by atomic mass is 16.2. The molecule has 0 unspecified atom stereocenters. The molecular weight excluding hydrogens is 130 g/mol. The number of nitrogens with one attached hydrogen (secondary N) is 1. The van der Waals surface area contributed by atoms with E-state index in [9.17, 15) is 9.59 Å². The Morgan fingerprint density at radius 1 is 1.40 bits per heavy atom. The number of carbonyl (C=O) groups is 2. The highest BCUT2D eigenvalue weighted by Crippen LogP contribution is 2.18. The molecule has 3 heteroatoms. The van der Waals surface area contributed by atoms with Gasteiger partial charge in [-0.3, -0.25) is 14.9 Å². The van der Waals surface area contributed by atoms with E-state index in [-0.39, 0.29) is 23.7 Å². The summed E-state index contributed by atoms with van der Waals surface area (Å²) in [5.41, 5.74) is 0.